The van der Waals surface area contributed by atoms with Gasteiger partial charge in [0.25, 0.3) is 0 Å². The molecule has 0 saturated heterocycles. The van der Waals surface area contributed by atoms with Crippen LogP contribution in [-0.2, 0) is 19.6 Å². The molecule has 0 heterocycles. The highest BCUT2D eigenvalue weighted by atomic mass is 32.2. The second kappa shape index (κ2) is 8.78. The van der Waals surface area contributed by atoms with Gasteiger partial charge in [-0.15, -0.1) is 0 Å². The number of sulfonamides is 1. The minimum absolute atomic E-state index is 0.142. The first kappa shape index (κ1) is 19.9. The second-order valence-corrected chi connectivity index (χ2v) is 7.46. The molecule has 0 radical (unpaired) electrons. The lowest BCUT2D eigenvalue weighted by Gasteiger charge is -2.21. The third-order valence-electron chi connectivity index (χ3n) is 3.87. The summed E-state index contributed by atoms with van der Waals surface area (Å²) in [6.07, 6.45) is 1.58. The summed E-state index contributed by atoms with van der Waals surface area (Å²) in [6, 6.07) is 14.7. The van der Waals surface area contributed by atoms with E-state index in [0.29, 0.717) is 5.56 Å². The Labute approximate surface area is 154 Å². The molecule has 2 aromatic rings. The Morgan fingerprint density at radius 1 is 1.12 bits per heavy atom. The van der Waals surface area contributed by atoms with E-state index in [1.807, 2.05) is 13.0 Å². The molecule has 1 unspecified atom stereocenters. The maximum atomic E-state index is 12.8. The van der Waals surface area contributed by atoms with Gasteiger partial charge in [0.2, 0.25) is 10.0 Å². The van der Waals surface area contributed by atoms with Crippen molar-refractivity contribution in [3.8, 4) is 0 Å². The quantitative estimate of drug-likeness (QED) is 0.595. The van der Waals surface area contributed by atoms with Crippen LogP contribution < -0.4 is 4.72 Å². The fourth-order valence-corrected chi connectivity index (χ4v) is 3.72. The number of hydrogen-bond acceptors (Lipinski definition) is 4. The summed E-state index contributed by atoms with van der Waals surface area (Å²) in [6.45, 7) is 5.49. The van der Waals surface area contributed by atoms with E-state index in [1.165, 1.54) is 0 Å². The first-order valence-electron chi connectivity index (χ1n) is 8.36. The number of carbonyl (C=O) groups excluding carboxylic acids is 1. The van der Waals surface area contributed by atoms with Crippen molar-refractivity contribution < 1.29 is 17.9 Å². The molecule has 26 heavy (non-hydrogen) atoms. The normalized spacial score (nSPS) is 13.3. The molecule has 1 N–H and O–H groups in total. The summed E-state index contributed by atoms with van der Waals surface area (Å²) in [7, 11) is -3.83. The van der Waals surface area contributed by atoms with Crippen molar-refractivity contribution in [3.05, 3.63) is 77.4 Å². The molecular weight excluding hydrogens is 350 g/mol. The standard InChI is InChI=1S/C20H23NO4S/c1-4-18(20(22)25-5-2)19(16-9-7-6-8-10-16)21-26(23,24)17-13-11-15(3)12-14-17/h4,6-14,19,21H,5H2,1-3H3. The molecule has 0 fully saturated rings. The Morgan fingerprint density at radius 2 is 1.73 bits per heavy atom. The molecule has 0 aliphatic rings. The summed E-state index contributed by atoms with van der Waals surface area (Å²) < 4.78 is 33.4. The van der Waals surface area contributed by atoms with Crippen LogP contribution in [0.4, 0.5) is 0 Å². The molecule has 6 heteroatoms. The van der Waals surface area contributed by atoms with Crippen molar-refractivity contribution in [1.82, 2.24) is 4.72 Å². The van der Waals surface area contributed by atoms with Crippen molar-refractivity contribution in [2.75, 3.05) is 6.61 Å². The van der Waals surface area contributed by atoms with E-state index < -0.39 is 22.0 Å². The number of benzene rings is 2. The minimum atomic E-state index is -3.83. The van der Waals surface area contributed by atoms with Gasteiger partial charge in [-0.25, -0.2) is 13.2 Å². The van der Waals surface area contributed by atoms with Gasteiger partial charge in [-0.2, -0.15) is 4.72 Å². The zero-order valence-corrected chi connectivity index (χ0v) is 15.9. The van der Waals surface area contributed by atoms with E-state index in [4.69, 9.17) is 4.74 Å². The summed E-state index contributed by atoms with van der Waals surface area (Å²) in [5, 5.41) is 0. The van der Waals surface area contributed by atoms with Crippen molar-refractivity contribution in [3.63, 3.8) is 0 Å². The van der Waals surface area contributed by atoms with Crippen LogP contribution in [0.15, 0.2) is 71.1 Å². The molecule has 0 aliphatic carbocycles. The summed E-state index contributed by atoms with van der Waals surface area (Å²) in [5.41, 5.74) is 1.86. The van der Waals surface area contributed by atoms with Crippen molar-refractivity contribution in [2.45, 2.75) is 31.7 Å². The fourth-order valence-electron chi connectivity index (χ4n) is 2.51. The number of rotatable bonds is 7. The van der Waals surface area contributed by atoms with Crippen LogP contribution in [0.2, 0.25) is 0 Å². The van der Waals surface area contributed by atoms with Gasteiger partial charge in [0.1, 0.15) is 0 Å². The Hall–Kier alpha value is -2.44. The van der Waals surface area contributed by atoms with Gasteiger partial charge >= 0.3 is 5.97 Å². The van der Waals surface area contributed by atoms with Gasteiger partial charge < -0.3 is 4.74 Å². The highest BCUT2D eigenvalue weighted by Gasteiger charge is 2.28. The maximum Gasteiger partial charge on any atom is 0.335 e. The van der Waals surface area contributed by atoms with E-state index in [2.05, 4.69) is 4.72 Å². The predicted octanol–water partition coefficient (Wildman–Crippen LogP) is 3.52. The topological polar surface area (TPSA) is 72.5 Å². The Morgan fingerprint density at radius 3 is 2.27 bits per heavy atom. The lowest BCUT2D eigenvalue weighted by Crippen LogP contribution is -2.32. The van der Waals surface area contributed by atoms with E-state index in [9.17, 15) is 13.2 Å². The van der Waals surface area contributed by atoms with Crippen LogP contribution in [0.1, 0.15) is 31.0 Å². The third kappa shape index (κ3) is 4.80. The van der Waals surface area contributed by atoms with E-state index >= 15 is 0 Å². The first-order valence-corrected chi connectivity index (χ1v) is 9.84. The summed E-state index contributed by atoms with van der Waals surface area (Å²) in [4.78, 5) is 12.5. The third-order valence-corrected chi connectivity index (χ3v) is 5.31. The zero-order valence-electron chi connectivity index (χ0n) is 15.1. The highest BCUT2D eigenvalue weighted by Crippen LogP contribution is 2.25. The van der Waals surface area contributed by atoms with Gasteiger partial charge in [0.05, 0.1) is 23.1 Å². The van der Waals surface area contributed by atoms with Crippen LogP contribution in [0.5, 0.6) is 0 Å². The number of hydrogen-bond donors (Lipinski definition) is 1. The highest BCUT2D eigenvalue weighted by molar-refractivity contribution is 7.89. The van der Waals surface area contributed by atoms with Crippen LogP contribution in [0.25, 0.3) is 0 Å². The second-order valence-electron chi connectivity index (χ2n) is 5.74. The predicted molar refractivity (Wildman–Crippen MR) is 101 cm³/mol. The first-order chi connectivity index (χ1) is 12.4. The van der Waals surface area contributed by atoms with Crippen LogP contribution in [-0.4, -0.2) is 21.0 Å². The van der Waals surface area contributed by atoms with Gasteiger partial charge in [-0.05, 0) is 38.5 Å². The van der Waals surface area contributed by atoms with Crippen LogP contribution in [0, 0.1) is 6.92 Å². The molecular formula is C20H23NO4S. The smallest absolute Gasteiger partial charge is 0.335 e. The largest absolute Gasteiger partial charge is 0.463 e. The van der Waals surface area contributed by atoms with Gasteiger partial charge in [-0.3, -0.25) is 0 Å². The van der Waals surface area contributed by atoms with Crippen molar-refractivity contribution >= 4 is 16.0 Å². The minimum Gasteiger partial charge on any atom is -0.463 e. The van der Waals surface area contributed by atoms with Gasteiger partial charge in [0.15, 0.2) is 0 Å². The van der Waals surface area contributed by atoms with Crippen molar-refractivity contribution in [2.24, 2.45) is 0 Å². The number of ether oxygens (including phenoxy) is 1. The SMILES string of the molecule is CC=C(C(=O)OCC)C(NS(=O)(=O)c1ccc(C)cc1)c1ccccc1. The van der Waals surface area contributed by atoms with Crippen molar-refractivity contribution in [1.29, 1.82) is 0 Å². The molecule has 5 nitrogen and oxygen atoms in total. The monoisotopic (exact) mass is 373 g/mol. The summed E-state index contributed by atoms with van der Waals surface area (Å²) in [5.74, 6) is -0.546. The van der Waals surface area contributed by atoms with E-state index in [1.54, 1.807) is 68.5 Å². The molecule has 0 amide bonds. The average Bonchev–Trinajstić information content (AvgIpc) is 2.63. The molecule has 0 bridgehead atoms. The lowest BCUT2D eigenvalue weighted by atomic mass is 9.99. The van der Waals surface area contributed by atoms with Crippen LogP contribution in [0.3, 0.4) is 0 Å². The van der Waals surface area contributed by atoms with Gasteiger partial charge in [0, 0.05) is 0 Å². The van der Waals surface area contributed by atoms with E-state index in [-0.39, 0.29) is 17.1 Å². The molecule has 0 spiro atoms. The molecule has 1 atom stereocenters. The molecule has 0 saturated carbocycles. The number of nitrogens with one attached hydrogen (secondary N) is 1. The lowest BCUT2D eigenvalue weighted by molar-refractivity contribution is -0.138. The Bertz CT molecular complexity index is 872. The Balaban J connectivity index is 2.44. The number of allylic oxidation sites excluding steroid dienone is 1. The fraction of sp³-hybridized carbons (Fsp3) is 0.250. The number of esters is 1. The van der Waals surface area contributed by atoms with Gasteiger partial charge in [-0.1, -0.05) is 54.1 Å². The Kier molecular flexibility index (Phi) is 6.71. The maximum absolute atomic E-state index is 12.8. The van der Waals surface area contributed by atoms with Crippen LogP contribution >= 0.6 is 0 Å². The van der Waals surface area contributed by atoms with E-state index in [0.717, 1.165) is 5.56 Å². The average molecular weight is 373 g/mol. The zero-order chi connectivity index (χ0) is 19.2. The number of carbonyl (C=O) groups is 1. The summed E-state index contributed by atoms with van der Waals surface area (Å²) >= 11 is 0. The molecule has 0 aliphatic heterocycles. The molecule has 2 aromatic carbocycles. The number of aryl methyl sites for hydroxylation is 1. The molecule has 2 rings (SSSR count). The molecule has 0 aromatic heterocycles. The molecule has 138 valence electrons.